The van der Waals surface area contributed by atoms with Crippen LogP contribution >= 0.6 is 11.8 Å². The van der Waals surface area contributed by atoms with Gasteiger partial charge in [0.2, 0.25) is 0 Å². The van der Waals surface area contributed by atoms with Crippen LogP contribution in [-0.4, -0.2) is 31.0 Å². The summed E-state index contributed by atoms with van der Waals surface area (Å²) in [4.78, 5) is 18.0. The summed E-state index contributed by atoms with van der Waals surface area (Å²) in [5.41, 5.74) is 2.86. The van der Waals surface area contributed by atoms with Crippen LogP contribution in [0.1, 0.15) is 25.5 Å². The van der Waals surface area contributed by atoms with Crippen molar-refractivity contribution in [3.8, 4) is 11.5 Å². The number of amidine groups is 1. The van der Waals surface area contributed by atoms with Crippen molar-refractivity contribution in [2.45, 2.75) is 19.9 Å². The van der Waals surface area contributed by atoms with E-state index in [4.69, 9.17) is 14.5 Å². The molecule has 0 bridgehead atoms. The molecule has 0 unspecified atom stereocenters. The molecule has 0 saturated heterocycles. The van der Waals surface area contributed by atoms with Crippen LogP contribution in [0.5, 0.6) is 11.5 Å². The molecule has 29 heavy (non-hydrogen) atoms. The summed E-state index contributed by atoms with van der Waals surface area (Å²) < 4.78 is 10.9. The molecule has 0 radical (unpaired) electrons. The first kappa shape index (κ1) is 20.8. The molecular weight excluding hydrogens is 386 g/mol. The minimum absolute atomic E-state index is 0.201. The van der Waals surface area contributed by atoms with Crippen LogP contribution in [0.4, 0.5) is 5.69 Å². The fraction of sp³-hybridized carbons (Fsp3) is 0.273. The quantitative estimate of drug-likeness (QED) is 0.739. The average molecular weight is 412 g/mol. The maximum absolute atomic E-state index is 13.2. The predicted octanol–water partition coefficient (Wildman–Crippen LogP) is 4.37. The van der Waals surface area contributed by atoms with E-state index in [1.165, 1.54) is 0 Å². The largest absolute Gasteiger partial charge is 0.497 e. The van der Waals surface area contributed by atoms with E-state index in [0.717, 1.165) is 27.9 Å². The molecule has 0 spiro atoms. The van der Waals surface area contributed by atoms with E-state index in [1.807, 2.05) is 55.5 Å². The summed E-state index contributed by atoms with van der Waals surface area (Å²) in [6, 6.07) is 14.5. The lowest BCUT2D eigenvalue weighted by molar-refractivity contribution is -0.113. The van der Waals surface area contributed by atoms with Crippen LogP contribution in [0.3, 0.4) is 0 Å². The second kappa shape index (κ2) is 9.52. The Hall–Kier alpha value is -2.93. The van der Waals surface area contributed by atoms with Gasteiger partial charge in [-0.05, 0) is 36.9 Å². The number of nitrogens with one attached hydrogen (secondary N) is 2. The number of benzene rings is 2. The Labute approximate surface area is 175 Å². The Kier molecular flexibility index (Phi) is 6.82. The van der Waals surface area contributed by atoms with E-state index < -0.39 is 6.04 Å². The first-order chi connectivity index (χ1) is 14.1. The molecule has 2 aromatic rings. The Morgan fingerprint density at radius 1 is 1.17 bits per heavy atom. The zero-order chi connectivity index (χ0) is 20.8. The standard InChI is InChI=1S/C22H25N3O3S/c1-5-29-22-23-14(2)19(21(26)24-15-9-7-6-8-10-15)20(25-22)17-12-11-16(27-3)13-18(17)28-4/h6-13,20H,5H2,1-4H3,(H,23,25)(H,24,26)/t20-/m0/s1. The number of hydrogen-bond acceptors (Lipinski definition) is 6. The van der Waals surface area contributed by atoms with Gasteiger partial charge in [0.25, 0.3) is 5.91 Å². The lowest BCUT2D eigenvalue weighted by Crippen LogP contribution is -2.32. The Balaban J connectivity index is 2.03. The second-order valence-corrected chi connectivity index (χ2v) is 7.61. The summed E-state index contributed by atoms with van der Waals surface area (Å²) in [5.74, 6) is 1.98. The molecule has 0 aliphatic carbocycles. The molecule has 2 N–H and O–H groups in total. The van der Waals surface area contributed by atoms with Gasteiger partial charge in [-0.3, -0.25) is 4.79 Å². The maximum Gasteiger partial charge on any atom is 0.255 e. The SMILES string of the molecule is CCSC1=N[C@@H](c2ccc(OC)cc2OC)C(C(=O)Nc2ccccc2)=C(C)N1. The summed E-state index contributed by atoms with van der Waals surface area (Å²) in [7, 11) is 3.21. The van der Waals surface area contributed by atoms with Crippen molar-refractivity contribution in [1.29, 1.82) is 0 Å². The van der Waals surface area contributed by atoms with Crippen molar-refractivity contribution in [2.24, 2.45) is 4.99 Å². The molecule has 1 heterocycles. The number of carbonyl (C=O) groups is 1. The van der Waals surface area contributed by atoms with Gasteiger partial charge in [0.15, 0.2) is 5.17 Å². The minimum atomic E-state index is -0.491. The van der Waals surface area contributed by atoms with Gasteiger partial charge in [-0.2, -0.15) is 0 Å². The van der Waals surface area contributed by atoms with Crippen molar-refractivity contribution in [2.75, 3.05) is 25.3 Å². The van der Waals surface area contributed by atoms with Crippen molar-refractivity contribution in [3.05, 3.63) is 65.4 Å². The van der Waals surface area contributed by atoms with E-state index >= 15 is 0 Å². The molecule has 1 amide bonds. The first-order valence-corrected chi connectivity index (χ1v) is 10.3. The van der Waals surface area contributed by atoms with Crippen molar-refractivity contribution < 1.29 is 14.3 Å². The van der Waals surface area contributed by atoms with Crippen LogP contribution in [0.2, 0.25) is 0 Å². The third kappa shape index (κ3) is 4.74. The Morgan fingerprint density at radius 3 is 2.59 bits per heavy atom. The topological polar surface area (TPSA) is 72.0 Å². The van der Waals surface area contributed by atoms with Crippen molar-refractivity contribution in [3.63, 3.8) is 0 Å². The van der Waals surface area contributed by atoms with E-state index in [9.17, 15) is 4.79 Å². The molecule has 0 aromatic heterocycles. The number of nitrogens with zero attached hydrogens (tertiary/aromatic N) is 1. The highest BCUT2D eigenvalue weighted by atomic mass is 32.2. The van der Waals surface area contributed by atoms with E-state index in [-0.39, 0.29) is 5.91 Å². The number of ether oxygens (including phenoxy) is 2. The number of rotatable bonds is 6. The third-order valence-electron chi connectivity index (χ3n) is 4.51. The molecule has 7 heteroatoms. The fourth-order valence-corrected chi connectivity index (χ4v) is 3.82. The van der Waals surface area contributed by atoms with Crippen LogP contribution in [-0.2, 0) is 4.79 Å². The molecule has 6 nitrogen and oxygen atoms in total. The summed E-state index contributed by atoms with van der Waals surface area (Å²) in [6.07, 6.45) is 0. The van der Waals surface area contributed by atoms with Gasteiger partial charge in [0, 0.05) is 23.0 Å². The smallest absolute Gasteiger partial charge is 0.255 e. The predicted molar refractivity (Wildman–Crippen MR) is 119 cm³/mol. The van der Waals surface area contributed by atoms with Crippen LogP contribution in [0.15, 0.2) is 64.8 Å². The molecule has 0 fully saturated rings. The van der Waals surface area contributed by atoms with Gasteiger partial charge >= 0.3 is 0 Å². The normalized spacial score (nSPS) is 16.0. The van der Waals surface area contributed by atoms with E-state index in [2.05, 4.69) is 17.6 Å². The van der Waals surface area contributed by atoms with Gasteiger partial charge in [-0.15, -0.1) is 0 Å². The lowest BCUT2D eigenvalue weighted by Gasteiger charge is -2.27. The van der Waals surface area contributed by atoms with Crippen LogP contribution in [0, 0.1) is 0 Å². The monoisotopic (exact) mass is 411 g/mol. The lowest BCUT2D eigenvalue weighted by atomic mass is 9.95. The summed E-state index contributed by atoms with van der Waals surface area (Å²) in [5, 5.41) is 7.01. The van der Waals surface area contributed by atoms with Gasteiger partial charge in [0.1, 0.15) is 17.5 Å². The average Bonchev–Trinajstić information content (AvgIpc) is 2.73. The second-order valence-electron chi connectivity index (χ2n) is 6.36. The van der Waals surface area contributed by atoms with Gasteiger partial charge in [-0.25, -0.2) is 4.99 Å². The van der Waals surface area contributed by atoms with Crippen LogP contribution < -0.4 is 20.1 Å². The number of carbonyl (C=O) groups excluding carboxylic acids is 1. The number of para-hydroxylation sites is 1. The van der Waals surface area contributed by atoms with Gasteiger partial charge in [-0.1, -0.05) is 36.9 Å². The third-order valence-corrected chi connectivity index (χ3v) is 5.28. The first-order valence-electron chi connectivity index (χ1n) is 9.34. The highest BCUT2D eigenvalue weighted by Gasteiger charge is 2.31. The van der Waals surface area contributed by atoms with E-state index in [0.29, 0.717) is 17.1 Å². The number of amides is 1. The number of hydrogen-bond donors (Lipinski definition) is 2. The van der Waals surface area contributed by atoms with Crippen LogP contribution in [0.25, 0.3) is 0 Å². The van der Waals surface area contributed by atoms with Crippen molar-refractivity contribution >= 4 is 28.5 Å². The Bertz CT molecular complexity index is 942. The Morgan fingerprint density at radius 2 is 1.93 bits per heavy atom. The molecule has 152 valence electrons. The molecular formula is C22H25N3O3S. The number of allylic oxidation sites excluding steroid dienone is 1. The number of methoxy groups -OCH3 is 2. The summed E-state index contributed by atoms with van der Waals surface area (Å²) >= 11 is 1.60. The highest BCUT2D eigenvalue weighted by Crippen LogP contribution is 2.39. The number of thioether (sulfide) groups is 1. The number of aliphatic imine (C=N–C) groups is 1. The molecule has 2 aromatic carbocycles. The molecule has 3 rings (SSSR count). The van der Waals surface area contributed by atoms with Gasteiger partial charge in [0.05, 0.1) is 19.8 Å². The minimum Gasteiger partial charge on any atom is -0.497 e. The fourth-order valence-electron chi connectivity index (χ4n) is 3.14. The molecule has 0 saturated carbocycles. The molecule has 1 atom stereocenters. The zero-order valence-electron chi connectivity index (χ0n) is 17.0. The highest BCUT2D eigenvalue weighted by molar-refractivity contribution is 8.13. The summed E-state index contributed by atoms with van der Waals surface area (Å²) in [6.45, 7) is 3.96. The number of anilines is 1. The molecule has 1 aliphatic rings. The maximum atomic E-state index is 13.2. The van der Waals surface area contributed by atoms with E-state index in [1.54, 1.807) is 26.0 Å². The van der Waals surface area contributed by atoms with Gasteiger partial charge < -0.3 is 20.1 Å². The molecule has 1 aliphatic heterocycles. The van der Waals surface area contributed by atoms with Crippen molar-refractivity contribution in [1.82, 2.24) is 5.32 Å². The zero-order valence-corrected chi connectivity index (χ0v) is 17.8.